The minimum absolute atomic E-state index is 0.0560. The van der Waals surface area contributed by atoms with Crippen LogP contribution in [0.15, 0.2) is 89.5 Å². The maximum absolute atomic E-state index is 13.3. The molecule has 174 valence electrons. The largest absolute Gasteiger partial charge is 0.489 e. The van der Waals surface area contributed by atoms with Gasteiger partial charge >= 0.3 is 0 Å². The molecule has 2 amide bonds. The van der Waals surface area contributed by atoms with Gasteiger partial charge in [0.15, 0.2) is 0 Å². The normalized spacial score (nSPS) is 14.9. The minimum atomic E-state index is -0.656. The van der Waals surface area contributed by atoms with E-state index in [2.05, 4.69) is 0 Å². The second-order valence-corrected chi connectivity index (χ2v) is 8.34. The Hall–Kier alpha value is -4.50. The average Bonchev–Trinajstić information content (AvgIpc) is 2.86. The molecule has 0 N–H and O–H groups in total. The fourth-order valence-corrected chi connectivity index (χ4v) is 3.72. The first-order chi connectivity index (χ1) is 16.9. The SMILES string of the molecule is CC1=C(C#N)C(=O)N(Cc2ccc(F)cc2)C(=O)/C1=C/c1ccc(OCc2ccc(C)cc2)cc1. The van der Waals surface area contributed by atoms with E-state index in [1.165, 1.54) is 29.8 Å². The summed E-state index contributed by atoms with van der Waals surface area (Å²) in [5.41, 5.74) is 4.06. The van der Waals surface area contributed by atoms with Crippen molar-refractivity contribution in [2.45, 2.75) is 27.0 Å². The van der Waals surface area contributed by atoms with Crippen molar-refractivity contribution in [2.24, 2.45) is 0 Å². The molecule has 35 heavy (non-hydrogen) atoms. The summed E-state index contributed by atoms with van der Waals surface area (Å²) in [6.07, 6.45) is 1.66. The molecular formula is C29H23FN2O3. The zero-order valence-corrected chi connectivity index (χ0v) is 19.4. The predicted molar refractivity (Wildman–Crippen MR) is 130 cm³/mol. The number of carbonyl (C=O) groups excluding carboxylic acids is 2. The Labute approximate surface area is 203 Å². The van der Waals surface area contributed by atoms with Crippen LogP contribution in [0.1, 0.15) is 29.2 Å². The highest BCUT2D eigenvalue weighted by molar-refractivity contribution is 6.19. The number of halogens is 1. The minimum Gasteiger partial charge on any atom is -0.489 e. The number of aryl methyl sites for hydroxylation is 1. The molecule has 0 aromatic heterocycles. The highest BCUT2D eigenvalue weighted by Gasteiger charge is 2.35. The Balaban J connectivity index is 1.55. The molecule has 0 fully saturated rings. The van der Waals surface area contributed by atoms with E-state index in [-0.39, 0.29) is 17.7 Å². The molecular weight excluding hydrogens is 443 g/mol. The van der Waals surface area contributed by atoms with Crippen molar-refractivity contribution in [3.05, 3.63) is 118 Å². The van der Waals surface area contributed by atoms with Crippen LogP contribution in [0.2, 0.25) is 0 Å². The van der Waals surface area contributed by atoms with E-state index in [0.717, 1.165) is 16.0 Å². The summed E-state index contributed by atoms with van der Waals surface area (Å²) < 4.78 is 19.1. The fourth-order valence-electron chi connectivity index (χ4n) is 3.72. The Kier molecular flexibility index (Phi) is 6.88. The molecule has 1 heterocycles. The Morgan fingerprint density at radius 1 is 0.886 bits per heavy atom. The molecule has 1 aliphatic heterocycles. The van der Waals surface area contributed by atoms with Crippen LogP contribution in [-0.2, 0) is 22.7 Å². The van der Waals surface area contributed by atoms with E-state index in [0.29, 0.717) is 23.5 Å². The molecule has 0 spiro atoms. The number of amides is 2. The van der Waals surface area contributed by atoms with Crippen molar-refractivity contribution < 1.29 is 18.7 Å². The van der Waals surface area contributed by atoms with Gasteiger partial charge in [-0.25, -0.2) is 4.39 Å². The summed E-state index contributed by atoms with van der Waals surface area (Å²) in [7, 11) is 0. The molecule has 3 aromatic carbocycles. The molecule has 0 bridgehead atoms. The standard InChI is InChI=1S/C29H23FN2O3/c1-19-3-5-23(6-4-19)18-35-25-13-9-21(10-14-25)15-26-20(2)27(16-31)29(34)32(28(26)33)17-22-7-11-24(30)12-8-22/h3-15H,17-18H2,1-2H3/b26-15+. The lowest BCUT2D eigenvalue weighted by atomic mass is 9.93. The van der Waals surface area contributed by atoms with Crippen molar-refractivity contribution >= 4 is 17.9 Å². The summed E-state index contributed by atoms with van der Waals surface area (Å²) in [5.74, 6) is -0.891. The quantitative estimate of drug-likeness (QED) is 0.355. The van der Waals surface area contributed by atoms with Crippen molar-refractivity contribution in [1.29, 1.82) is 5.26 Å². The lowest BCUT2D eigenvalue weighted by Crippen LogP contribution is -2.42. The van der Waals surface area contributed by atoms with Gasteiger partial charge < -0.3 is 4.74 Å². The number of ether oxygens (including phenoxy) is 1. The fraction of sp³-hybridized carbons (Fsp3) is 0.138. The maximum atomic E-state index is 13.3. The number of rotatable bonds is 6. The zero-order chi connectivity index (χ0) is 24.9. The van der Waals surface area contributed by atoms with Crippen LogP contribution in [-0.4, -0.2) is 16.7 Å². The summed E-state index contributed by atoms with van der Waals surface area (Å²) in [5, 5.41) is 9.57. The maximum Gasteiger partial charge on any atom is 0.271 e. The molecule has 0 unspecified atom stereocenters. The lowest BCUT2D eigenvalue weighted by Gasteiger charge is -2.27. The third-order valence-corrected chi connectivity index (χ3v) is 5.80. The number of nitriles is 1. The summed E-state index contributed by atoms with van der Waals surface area (Å²) in [6.45, 7) is 4.00. The van der Waals surface area contributed by atoms with Gasteiger partial charge in [0.25, 0.3) is 11.8 Å². The second kappa shape index (κ2) is 10.2. The first kappa shape index (κ1) is 23.7. The summed E-state index contributed by atoms with van der Waals surface area (Å²) in [4.78, 5) is 27.1. The first-order valence-electron chi connectivity index (χ1n) is 11.1. The Bertz CT molecular complexity index is 1360. The molecule has 0 saturated heterocycles. The summed E-state index contributed by atoms with van der Waals surface area (Å²) >= 11 is 0. The predicted octanol–water partition coefficient (Wildman–Crippen LogP) is 5.51. The van der Waals surface area contributed by atoms with Crippen molar-refractivity contribution in [2.75, 3.05) is 0 Å². The van der Waals surface area contributed by atoms with Crippen LogP contribution in [0.4, 0.5) is 4.39 Å². The molecule has 6 heteroatoms. The highest BCUT2D eigenvalue weighted by Crippen LogP contribution is 2.28. The highest BCUT2D eigenvalue weighted by atomic mass is 19.1. The van der Waals surface area contributed by atoms with Crippen LogP contribution < -0.4 is 4.74 Å². The molecule has 4 rings (SSSR count). The van der Waals surface area contributed by atoms with E-state index in [1.54, 1.807) is 25.1 Å². The van der Waals surface area contributed by atoms with Gasteiger partial charge in [0, 0.05) is 5.57 Å². The van der Waals surface area contributed by atoms with Crippen LogP contribution in [0, 0.1) is 24.1 Å². The van der Waals surface area contributed by atoms with Gasteiger partial charge in [-0.3, -0.25) is 14.5 Å². The third kappa shape index (κ3) is 5.36. The molecule has 3 aromatic rings. The van der Waals surface area contributed by atoms with Crippen LogP contribution in [0.5, 0.6) is 5.75 Å². The van der Waals surface area contributed by atoms with Crippen molar-refractivity contribution in [1.82, 2.24) is 4.90 Å². The zero-order valence-electron chi connectivity index (χ0n) is 19.4. The van der Waals surface area contributed by atoms with Gasteiger partial charge in [0.05, 0.1) is 6.54 Å². The molecule has 5 nitrogen and oxygen atoms in total. The van der Waals surface area contributed by atoms with E-state index in [1.807, 2.05) is 49.4 Å². The van der Waals surface area contributed by atoms with E-state index >= 15 is 0 Å². The molecule has 0 aliphatic carbocycles. The number of nitrogens with zero attached hydrogens (tertiary/aromatic N) is 2. The topological polar surface area (TPSA) is 70.4 Å². The van der Waals surface area contributed by atoms with E-state index in [4.69, 9.17) is 4.74 Å². The monoisotopic (exact) mass is 466 g/mol. The Morgan fingerprint density at radius 3 is 2.14 bits per heavy atom. The van der Waals surface area contributed by atoms with Gasteiger partial charge in [-0.2, -0.15) is 5.26 Å². The van der Waals surface area contributed by atoms with Crippen LogP contribution in [0.25, 0.3) is 6.08 Å². The lowest BCUT2D eigenvalue weighted by molar-refractivity contribution is -0.141. The molecule has 0 saturated carbocycles. The van der Waals surface area contributed by atoms with Crippen LogP contribution in [0.3, 0.4) is 0 Å². The van der Waals surface area contributed by atoms with Gasteiger partial charge in [0.1, 0.15) is 29.8 Å². The molecule has 0 radical (unpaired) electrons. The van der Waals surface area contributed by atoms with Gasteiger partial charge in [-0.1, -0.05) is 54.1 Å². The smallest absolute Gasteiger partial charge is 0.271 e. The number of hydrogen-bond donors (Lipinski definition) is 0. The van der Waals surface area contributed by atoms with E-state index < -0.39 is 17.6 Å². The number of benzene rings is 3. The second-order valence-electron chi connectivity index (χ2n) is 8.34. The van der Waals surface area contributed by atoms with E-state index in [9.17, 15) is 19.2 Å². The Morgan fingerprint density at radius 2 is 1.51 bits per heavy atom. The van der Waals surface area contributed by atoms with Crippen LogP contribution >= 0.6 is 0 Å². The average molecular weight is 467 g/mol. The molecule has 1 aliphatic rings. The first-order valence-corrected chi connectivity index (χ1v) is 11.1. The van der Waals surface area contributed by atoms with Gasteiger partial charge in [-0.05, 0) is 66.5 Å². The number of carbonyl (C=O) groups is 2. The molecule has 0 atom stereocenters. The van der Waals surface area contributed by atoms with Gasteiger partial charge in [-0.15, -0.1) is 0 Å². The summed E-state index contributed by atoms with van der Waals surface area (Å²) in [6, 6.07) is 22.8. The number of hydrogen-bond acceptors (Lipinski definition) is 4. The van der Waals surface area contributed by atoms with Gasteiger partial charge in [0.2, 0.25) is 0 Å². The third-order valence-electron chi connectivity index (χ3n) is 5.80. The van der Waals surface area contributed by atoms with Crippen molar-refractivity contribution in [3.63, 3.8) is 0 Å². The number of imide groups is 1. The van der Waals surface area contributed by atoms with Crippen molar-refractivity contribution in [3.8, 4) is 11.8 Å².